The Bertz CT molecular complexity index is 977. The van der Waals surface area contributed by atoms with E-state index >= 15 is 0 Å². The highest BCUT2D eigenvalue weighted by Gasteiger charge is 2.14. The van der Waals surface area contributed by atoms with Crippen LogP contribution < -0.4 is 10.9 Å². The van der Waals surface area contributed by atoms with E-state index < -0.39 is 0 Å². The van der Waals surface area contributed by atoms with Crippen LogP contribution in [0.5, 0.6) is 0 Å². The molecule has 3 aromatic heterocycles. The molecule has 0 unspecified atom stereocenters. The highest BCUT2D eigenvalue weighted by molar-refractivity contribution is 5.98. The Balaban J connectivity index is 2.13. The molecule has 3 rings (SSSR count). The summed E-state index contributed by atoms with van der Waals surface area (Å²) in [6.45, 7) is 3.53. The third kappa shape index (κ3) is 2.63. The highest BCUT2D eigenvalue weighted by Crippen LogP contribution is 2.15. The largest absolute Gasteiger partial charge is 0.307 e. The lowest BCUT2D eigenvalue weighted by Crippen LogP contribution is -2.18. The Morgan fingerprint density at radius 1 is 1.43 bits per heavy atom. The first kappa shape index (κ1) is 14.7. The Morgan fingerprint density at radius 2 is 2.22 bits per heavy atom. The van der Waals surface area contributed by atoms with Gasteiger partial charge in [0.2, 0.25) is 11.9 Å². The fourth-order valence-corrected chi connectivity index (χ4v) is 2.19. The summed E-state index contributed by atoms with van der Waals surface area (Å²) in [6, 6.07) is 1.69. The first-order valence-corrected chi connectivity index (χ1v) is 6.92. The van der Waals surface area contributed by atoms with Crippen LogP contribution in [-0.2, 0) is 11.8 Å². The molecule has 0 radical (unpaired) electrons. The smallest absolute Gasteiger partial charge is 0.263 e. The molecule has 0 aliphatic carbocycles. The topological polar surface area (TPSA) is 110 Å². The predicted octanol–water partition coefficient (Wildman–Crippen LogP) is 0.665. The molecular weight excluding hydrogens is 298 g/mol. The van der Waals surface area contributed by atoms with Crippen molar-refractivity contribution >= 4 is 22.8 Å². The Morgan fingerprint density at radius 3 is 2.96 bits per heavy atom. The van der Waals surface area contributed by atoms with Gasteiger partial charge in [0.15, 0.2) is 5.65 Å². The third-order valence-electron chi connectivity index (χ3n) is 3.19. The molecule has 0 aromatic carbocycles. The van der Waals surface area contributed by atoms with Gasteiger partial charge in [0.25, 0.3) is 5.56 Å². The van der Waals surface area contributed by atoms with Crippen molar-refractivity contribution in [3.8, 4) is 5.95 Å². The Hall–Kier alpha value is -3.23. The second kappa shape index (κ2) is 5.52. The molecule has 0 saturated heterocycles. The minimum atomic E-state index is -0.322. The average molecular weight is 313 g/mol. The first-order valence-electron chi connectivity index (χ1n) is 6.92. The summed E-state index contributed by atoms with van der Waals surface area (Å²) in [7, 11) is 1.70. The van der Waals surface area contributed by atoms with Gasteiger partial charge in [-0.25, -0.2) is 0 Å². The molecular formula is C14H15N7O2. The predicted molar refractivity (Wildman–Crippen MR) is 84.4 cm³/mol. The van der Waals surface area contributed by atoms with Crippen molar-refractivity contribution in [3.05, 3.63) is 40.5 Å². The van der Waals surface area contributed by atoms with E-state index in [0.717, 1.165) is 0 Å². The average Bonchev–Trinajstić information content (AvgIpc) is 3.03. The zero-order valence-electron chi connectivity index (χ0n) is 12.9. The minimum absolute atomic E-state index is 0.204. The summed E-state index contributed by atoms with van der Waals surface area (Å²) in [6.07, 6.45) is 4.48. The van der Waals surface area contributed by atoms with Crippen LogP contribution in [0.4, 0.5) is 5.82 Å². The van der Waals surface area contributed by atoms with E-state index in [1.165, 1.54) is 21.6 Å². The van der Waals surface area contributed by atoms with Gasteiger partial charge in [-0.2, -0.15) is 19.9 Å². The van der Waals surface area contributed by atoms with Gasteiger partial charge in [-0.1, -0.05) is 6.08 Å². The van der Waals surface area contributed by atoms with Gasteiger partial charge < -0.3 is 5.32 Å². The number of amides is 1. The number of rotatable bonds is 3. The van der Waals surface area contributed by atoms with Crippen LogP contribution >= 0.6 is 0 Å². The number of nitrogens with one attached hydrogen (secondary N) is 2. The molecule has 118 valence electrons. The molecule has 3 heterocycles. The second-order valence-corrected chi connectivity index (χ2v) is 4.97. The van der Waals surface area contributed by atoms with Gasteiger partial charge in [-0.05, 0) is 19.9 Å². The fraction of sp³-hybridized carbons (Fsp3) is 0.214. The third-order valence-corrected chi connectivity index (χ3v) is 3.19. The lowest BCUT2D eigenvalue weighted by Gasteiger charge is -2.06. The zero-order valence-corrected chi connectivity index (χ0v) is 12.9. The molecule has 23 heavy (non-hydrogen) atoms. The van der Waals surface area contributed by atoms with Crippen LogP contribution in [0.2, 0.25) is 0 Å². The van der Waals surface area contributed by atoms with Gasteiger partial charge >= 0.3 is 0 Å². The molecule has 0 fully saturated rings. The van der Waals surface area contributed by atoms with E-state index in [4.69, 9.17) is 0 Å². The lowest BCUT2D eigenvalue weighted by molar-refractivity contribution is -0.111. The summed E-state index contributed by atoms with van der Waals surface area (Å²) < 4.78 is 2.88. The molecule has 2 N–H and O–H groups in total. The molecule has 1 amide bonds. The van der Waals surface area contributed by atoms with Gasteiger partial charge in [-0.3, -0.25) is 19.3 Å². The maximum atomic E-state index is 12.1. The van der Waals surface area contributed by atoms with Crippen molar-refractivity contribution in [3.63, 3.8) is 0 Å². The second-order valence-electron chi connectivity index (χ2n) is 4.97. The van der Waals surface area contributed by atoms with E-state index in [-0.39, 0.29) is 17.4 Å². The molecule has 9 nitrogen and oxygen atoms in total. The van der Waals surface area contributed by atoms with Crippen molar-refractivity contribution in [1.29, 1.82) is 0 Å². The van der Waals surface area contributed by atoms with Gasteiger partial charge in [0.1, 0.15) is 11.2 Å². The summed E-state index contributed by atoms with van der Waals surface area (Å²) in [4.78, 5) is 30.9. The number of allylic oxidation sites excluding steroid dienone is 1. The lowest BCUT2D eigenvalue weighted by atomic mass is 10.4. The summed E-state index contributed by atoms with van der Waals surface area (Å²) >= 11 is 0. The number of carbonyl (C=O) groups excluding carboxylic acids is 1. The highest BCUT2D eigenvalue weighted by atomic mass is 16.1. The number of aryl methyl sites for hydroxylation is 2. The monoisotopic (exact) mass is 313 g/mol. The number of aromatic nitrogens is 6. The minimum Gasteiger partial charge on any atom is -0.307 e. The van der Waals surface area contributed by atoms with Crippen molar-refractivity contribution in [2.45, 2.75) is 13.8 Å². The standard InChI is InChI=1S/C14H15N7O2/c1-4-5-11(22)16-10-6-8(2)19-21(10)14-17-12-9(13(23)18-14)7-15-20(12)3/h4-7H,1-3H3,(H,16,22)(H,17,18,23)/b5-4-. The van der Waals surface area contributed by atoms with E-state index in [1.807, 2.05) is 0 Å². The van der Waals surface area contributed by atoms with E-state index in [9.17, 15) is 9.59 Å². The van der Waals surface area contributed by atoms with Crippen LogP contribution in [0, 0.1) is 6.92 Å². The number of aromatic amines is 1. The van der Waals surface area contributed by atoms with Crippen molar-refractivity contribution in [2.24, 2.45) is 7.05 Å². The molecule has 0 saturated carbocycles. The van der Waals surface area contributed by atoms with Gasteiger partial charge in [0, 0.05) is 13.1 Å². The quantitative estimate of drug-likeness (QED) is 0.690. The number of carbonyl (C=O) groups is 1. The Labute approximate surface area is 130 Å². The number of hydrogen-bond donors (Lipinski definition) is 2. The van der Waals surface area contributed by atoms with E-state index in [0.29, 0.717) is 22.5 Å². The maximum absolute atomic E-state index is 12.1. The molecule has 0 aliphatic heterocycles. The molecule has 0 aliphatic rings. The summed E-state index contributed by atoms with van der Waals surface area (Å²) in [5.74, 6) is 0.322. The number of anilines is 1. The van der Waals surface area contributed by atoms with Crippen molar-refractivity contribution in [2.75, 3.05) is 5.32 Å². The maximum Gasteiger partial charge on any atom is 0.263 e. The first-order chi connectivity index (χ1) is 11.0. The number of nitrogens with zero attached hydrogens (tertiary/aromatic N) is 5. The van der Waals surface area contributed by atoms with Crippen molar-refractivity contribution in [1.82, 2.24) is 29.5 Å². The van der Waals surface area contributed by atoms with Crippen LogP contribution in [-0.4, -0.2) is 35.4 Å². The molecule has 0 bridgehead atoms. The fourth-order valence-electron chi connectivity index (χ4n) is 2.19. The van der Waals surface area contributed by atoms with Crippen molar-refractivity contribution < 1.29 is 4.79 Å². The Kier molecular flexibility index (Phi) is 3.53. The SMILES string of the molecule is C/C=C\C(=O)Nc1cc(C)nn1-c1nc2c(cnn2C)c(=O)[nH]1. The van der Waals surface area contributed by atoms with Gasteiger partial charge in [0.05, 0.1) is 11.9 Å². The van der Waals surface area contributed by atoms with Crippen LogP contribution in [0.15, 0.2) is 29.2 Å². The zero-order chi connectivity index (χ0) is 16.6. The van der Waals surface area contributed by atoms with Crippen LogP contribution in [0.25, 0.3) is 17.0 Å². The molecule has 0 spiro atoms. The number of hydrogen-bond acceptors (Lipinski definition) is 5. The number of H-pyrrole nitrogens is 1. The van der Waals surface area contributed by atoms with E-state index in [1.54, 1.807) is 33.0 Å². The molecule has 0 atom stereocenters. The van der Waals surface area contributed by atoms with Gasteiger partial charge in [-0.15, -0.1) is 0 Å². The van der Waals surface area contributed by atoms with Crippen LogP contribution in [0.3, 0.4) is 0 Å². The van der Waals surface area contributed by atoms with E-state index in [2.05, 4.69) is 25.5 Å². The summed E-state index contributed by atoms with van der Waals surface area (Å²) in [5, 5.41) is 11.4. The number of fused-ring (bicyclic) bond motifs is 1. The molecule has 9 heteroatoms. The van der Waals surface area contributed by atoms with Crippen LogP contribution in [0.1, 0.15) is 12.6 Å². The normalized spacial score (nSPS) is 11.4. The molecule has 3 aromatic rings. The summed E-state index contributed by atoms with van der Waals surface area (Å²) in [5.41, 5.74) is 0.785.